The Kier molecular flexibility index (Phi) is 5.70. The van der Waals surface area contributed by atoms with Crippen molar-refractivity contribution in [2.45, 2.75) is 25.1 Å². The van der Waals surface area contributed by atoms with E-state index in [-0.39, 0.29) is 25.4 Å². The molecule has 1 aromatic rings. The number of nitrogens with one attached hydrogen (secondary N) is 1. The maximum absolute atomic E-state index is 13.4. The predicted molar refractivity (Wildman–Crippen MR) is 95.0 cm³/mol. The number of carbonyl (C=O) groups is 1. The highest BCUT2D eigenvalue weighted by Gasteiger charge is 2.35. The van der Waals surface area contributed by atoms with Crippen LogP contribution in [0.25, 0.3) is 0 Å². The molecule has 3 rings (SSSR count). The summed E-state index contributed by atoms with van der Waals surface area (Å²) in [4.78, 5) is 15.8. The molecule has 2 fully saturated rings. The SMILES string of the molecule is N#Cc1cccc(N2CCC(CNCC(=O)N3CC(F)CC3C#N)C2)c1. The van der Waals surface area contributed by atoms with E-state index in [0.717, 1.165) is 25.2 Å². The Bertz CT molecular complexity index is 740. The molecule has 0 radical (unpaired) electrons. The van der Waals surface area contributed by atoms with Crippen molar-refractivity contribution in [2.24, 2.45) is 5.92 Å². The number of hydrogen-bond acceptors (Lipinski definition) is 5. The fourth-order valence-corrected chi connectivity index (χ4v) is 3.67. The number of anilines is 1. The van der Waals surface area contributed by atoms with Crippen LogP contribution in [0.5, 0.6) is 0 Å². The van der Waals surface area contributed by atoms with Gasteiger partial charge >= 0.3 is 0 Å². The highest BCUT2D eigenvalue weighted by Crippen LogP contribution is 2.24. The summed E-state index contributed by atoms with van der Waals surface area (Å²) < 4.78 is 13.4. The first kappa shape index (κ1) is 18.2. The molecule has 2 aliphatic heterocycles. The molecule has 3 atom stereocenters. The van der Waals surface area contributed by atoms with Gasteiger partial charge in [0.2, 0.25) is 5.91 Å². The van der Waals surface area contributed by atoms with Crippen molar-refractivity contribution in [1.82, 2.24) is 10.2 Å². The second kappa shape index (κ2) is 8.16. The first-order valence-corrected chi connectivity index (χ1v) is 8.89. The van der Waals surface area contributed by atoms with E-state index in [0.29, 0.717) is 18.0 Å². The van der Waals surface area contributed by atoms with Crippen LogP contribution in [0.2, 0.25) is 0 Å². The van der Waals surface area contributed by atoms with E-state index >= 15 is 0 Å². The van der Waals surface area contributed by atoms with Gasteiger partial charge in [-0.1, -0.05) is 6.07 Å². The number of amides is 1. The molecule has 0 aliphatic carbocycles. The van der Waals surface area contributed by atoms with Crippen molar-refractivity contribution < 1.29 is 9.18 Å². The summed E-state index contributed by atoms with van der Waals surface area (Å²) in [6.45, 7) is 2.63. The lowest BCUT2D eigenvalue weighted by molar-refractivity contribution is -0.130. The molecule has 26 heavy (non-hydrogen) atoms. The van der Waals surface area contributed by atoms with Crippen molar-refractivity contribution in [3.8, 4) is 12.1 Å². The molecule has 2 heterocycles. The normalized spacial score (nSPS) is 25.1. The van der Waals surface area contributed by atoms with E-state index in [1.165, 1.54) is 4.90 Å². The van der Waals surface area contributed by atoms with Crippen molar-refractivity contribution in [2.75, 3.05) is 37.6 Å². The van der Waals surface area contributed by atoms with Gasteiger partial charge in [-0.2, -0.15) is 10.5 Å². The number of nitrogens with zero attached hydrogens (tertiary/aromatic N) is 4. The van der Waals surface area contributed by atoms with Gasteiger partial charge < -0.3 is 15.1 Å². The highest BCUT2D eigenvalue weighted by molar-refractivity contribution is 5.79. The number of likely N-dealkylation sites (tertiary alicyclic amines) is 1. The fraction of sp³-hybridized carbons (Fsp3) is 0.526. The number of rotatable bonds is 5. The summed E-state index contributed by atoms with van der Waals surface area (Å²) in [6, 6.07) is 11.1. The standard InChI is InChI=1S/C19H22FN5O/c20-16-7-18(9-22)25(13-16)19(26)11-23-10-15-4-5-24(12-15)17-3-1-2-14(6-17)8-21/h1-3,6,15-16,18,23H,4-5,7,10-13H2. The summed E-state index contributed by atoms with van der Waals surface area (Å²) in [5.74, 6) is 0.195. The molecule has 1 aromatic carbocycles. The van der Waals surface area contributed by atoms with Gasteiger partial charge in [-0.15, -0.1) is 0 Å². The Morgan fingerprint density at radius 2 is 2.19 bits per heavy atom. The quantitative estimate of drug-likeness (QED) is 0.864. The molecular weight excluding hydrogens is 333 g/mol. The van der Waals surface area contributed by atoms with Gasteiger partial charge in [-0.3, -0.25) is 4.79 Å². The van der Waals surface area contributed by atoms with Crippen molar-refractivity contribution in [3.05, 3.63) is 29.8 Å². The van der Waals surface area contributed by atoms with Crippen LogP contribution in [-0.2, 0) is 4.79 Å². The predicted octanol–water partition coefficient (Wildman–Crippen LogP) is 1.44. The van der Waals surface area contributed by atoms with Crippen LogP contribution in [0.4, 0.5) is 10.1 Å². The summed E-state index contributed by atoms with van der Waals surface area (Å²) in [7, 11) is 0. The Hall–Kier alpha value is -2.64. The van der Waals surface area contributed by atoms with Gasteiger partial charge in [0, 0.05) is 31.7 Å². The number of nitriles is 2. The summed E-state index contributed by atoms with van der Waals surface area (Å²) in [6.07, 6.45) is 0.0209. The lowest BCUT2D eigenvalue weighted by Gasteiger charge is -2.21. The van der Waals surface area contributed by atoms with E-state index in [1.54, 1.807) is 6.07 Å². The average molecular weight is 355 g/mol. The number of hydrogen-bond donors (Lipinski definition) is 1. The van der Waals surface area contributed by atoms with E-state index in [9.17, 15) is 9.18 Å². The van der Waals surface area contributed by atoms with Gasteiger partial charge in [0.25, 0.3) is 0 Å². The largest absolute Gasteiger partial charge is 0.371 e. The molecule has 2 aliphatic rings. The fourth-order valence-electron chi connectivity index (χ4n) is 3.67. The zero-order valence-corrected chi connectivity index (χ0v) is 14.6. The third-order valence-corrected chi connectivity index (χ3v) is 5.05. The molecular formula is C19H22FN5O. The molecule has 1 amide bonds. The van der Waals surface area contributed by atoms with Crippen LogP contribution < -0.4 is 10.2 Å². The topological polar surface area (TPSA) is 83.2 Å². The van der Waals surface area contributed by atoms with Crippen LogP contribution in [0.3, 0.4) is 0 Å². The van der Waals surface area contributed by atoms with Crippen LogP contribution in [0.1, 0.15) is 18.4 Å². The number of halogens is 1. The Balaban J connectivity index is 1.44. The van der Waals surface area contributed by atoms with E-state index in [2.05, 4.69) is 16.3 Å². The second-order valence-electron chi connectivity index (χ2n) is 6.92. The van der Waals surface area contributed by atoms with Gasteiger partial charge in [0.15, 0.2) is 0 Å². The highest BCUT2D eigenvalue weighted by atomic mass is 19.1. The van der Waals surface area contributed by atoms with Gasteiger partial charge in [-0.05, 0) is 30.5 Å². The minimum atomic E-state index is -1.10. The van der Waals surface area contributed by atoms with E-state index in [4.69, 9.17) is 10.5 Å². The zero-order chi connectivity index (χ0) is 18.5. The van der Waals surface area contributed by atoms with Crippen LogP contribution in [0.15, 0.2) is 24.3 Å². The number of carbonyl (C=O) groups excluding carboxylic acids is 1. The van der Waals surface area contributed by atoms with Gasteiger partial charge in [-0.25, -0.2) is 4.39 Å². The van der Waals surface area contributed by atoms with Gasteiger partial charge in [0.05, 0.1) is 30.8 Å². The maximum Gasteiger partial charge on any atom is 0.237 e. The van der Waals surface area contributed by atoms with Crippen molar-refractivity contribution >= 4 is 11.6 Å². The lowest BCUT2D eigenvalue weighted by atomic mass is 10.1. The van der Waals surface area contributed by atoms with Crippen LogP contribution in [-0.4, -0.2) is 55.7 Å². The monoisotopic (exact) mass is 355 g/mol. The van der Waals surface area contributed by atoms with Crippen LogP contribution in [0, 0.1) is 28.6 Å². The molecule has 7 heteroatoms. The molecule has 2 saturated heterocycles. The molecule has 136 valence electrons. The third kappa shape index (κ3) is 4.12. The lowest BCUT2D eigenvalue weighted by Crippen LogP contribution is -2.42. The summed E-state index contributed by atoms with van der Waals surface area (Å²) >= 11 is 0. The maximum atomic E-state index is 13.4. The molecule has 0 bridgehead atoms. The average Bonchev–Trinajstić information content (AvgIpc) is 3.28. The van der Waals surface area contributed by atoms with Crippen molar-refractivity contribution in [1.29, 1.82) is 10.5 Å². The summed E-state index contributed by atoms with van der Waals surface area (Å²) in [5.41, 5.74) is 1.70. The van der Waals surface area contributed by atoms with Gasteiger partial charge in [0.1, 0.15) is 12.2 Å². The third-order valence-electron chi connectivity index (χ3n) is 5.05. The molecule has 1 N–H and O–H groups in total. The zero-order valence-electron chi connectivity index (χ0n) is 14.6. The minimum Gasteiger partial charge on any atom is -0.371 e. The molecule has 0 saturated carbocycles. The molecule has 3 unspecified atom stereocenters. The van der Waals surface area contributed by atoms with Crippen molar-refractivity contribution in [3.63, 3.8) is 0 Å². The Morgan fingerprint density at radius 3 is 2.96 bits per heavy atom. The molecule has 0 spiro atoms. The Labute approximate surface area is 152 Å². The summed E-state index contributed by atoms with van der Waals surface area (Å²) in [5, 5.41) is 21.2. The number of benzene rings is 1. The van der Waals surface area contributed by atoms with E-state index in [1.807, 2.05) is 24.3 Å². The Morgan fingerprint density at radius 1 is 1.35 bits per heavy atom. The first-order chi connectivity index (χ1) is 12.6. The van der Waals surface area contributed by atoms with Crippen LogP contribution >= 0.6 is 0 Å². The molecule has 0 aromatic heterocycles. The minimum absolute atomic E-state index is 0.0190. The number of alkyl halides is 1. The second-order valence-corrected chi connectivity index (χ2v) is 6.92. The molecule has 6 nitrogen and oxygen atoms in total. The first-order valence-electron chi connectivity index (χ1n) is 8.89. The van der Waals surface area contributed by atoms with E-state index < -0.39 is 12.2 Å². The smallest absolute Gasteiger partial charge is 0.237 e.